The summed E-state index contributed by atoms with van der Waals surface area (Å²) in [5.74, 6) is 1.82. The Balaban J connectivity index is 2.05. The zero-order chi connectivity index (χ0) is 17.7. The Labute approximate surface area is 142 Å². The van der Waals surface area contributed by atoms with Gasteiger partial charge in [0.05, 0.1) is 11.9 Å². The van der Waals surface area contributed by atoms with Crippen LogP contribution < -0.4 is 15.7 Å². The quantitative estimate of drug-likeness (QED) is 0.718. The van der Waals surface area contributed by atoms with Gasteiger partial charge in [-0.25, -0.2) is 4.79 Å². The summed E-state index contributed by atoms with van der Waals surface area (Å²) in [5.41, 5.74) is 1.58. The van der Waals surface area contributed by atoms with Gasteiger partial charge in [-0.1, -0.05) is 32.9 Å². The highest BCUT2D eigenvalue weighted by molar-refractivity contribution is 5.75. The van der Waals surface area contributed by atoms with Gasteiger partial charge in [0.25, 0.3) is 0 Å². The largest absolute Gasteiger partial charge is 0.450 e. The number of ether oxygens (including phenoxy) is 1. The van der Waals surface area contributed by atoms with Crippen LogP contribution in [0.2, 0.25) is 0 Å². The van der Waals surface area contributed by atoms with Crippen molar-refractivity contribution in [2.75, 3.05) is 5.32 Å². The van der Waals surface area contributed by atoms with Crippen LogP contribution in [0.25, 0.3) is 0 Å². The maximum absolute atomic E-state index is 12.3. The third-order valence-corrected chi connectivity index (χ3v) is 3.91. The summed E-state index contributed by atoms with van der Waals surface area (Å²) < 4.78 is 7.63. The van der Waals surface area contributed by atoms with Crippen molar-refractivity contribution in [1.82, 2.24) is 9.55 Å². The van der Waals surface area contributed by atoms with Gasteiger partial charge in [0.1, 0.15) is 0 Å². The Morgan fingerprint density at radius 1 is 1.12 bits per heavy atom. The molecule has 0 atom stereocenters. The molecule has 3 rings (SSSR count). The van der Waals surface area contributed by atoms with Gasteiger partial charge >= 0.3 is 5.69 Å². The van der Waals surface area contributed by atoms with Crippen LogP contribution in [0.4, 0.5) is 11.5 Å². The Morgan fingerprint density at radius 3 is 2.46 bits per heavy atom. The lowest BCUT2D eigenvalue weighted by Crippen LogP contribution is -2.35. The second-order valence-electron chi connectivity index (χ2n) is 8.53. The lowest BCUT2D eigenvalue weighted by molar-refractivity contribution is 0.365. The highest BCUT2D eigenvalue weighted by atomic mass is 16.5. The average molecular weight is 327 g/mol. The molecule has 0 saturated carbocycles. The predicted octanol–water partition coefficient (Wildman–Crippen LogP) is 4.44. The lowest BCUT2D eigenvalue weighted by atomic mass is 9.87. The molecule has 128 valence electrons. The molecule has 1 aromatic carbocycles. The van der Waals surface area contributed by atoms with Crippen molar-refractivity contribution in [3.05, 3.63) is 40.4 Å². The molecule has 0 radical (unpaired) electrons. The minimum absolute atomic E-state index is 0.153. The number of aromatic nitrogens is 2. The molecule has 0 spiro atoms. The van der Waals surface area contributed by atoms with Crippen LogP contribution in [0.3, 0.4) is 0 Å². The van der Waals surface area contributed by atoms with Gasteiger partial charge < -0.3 is 10.1 Å². The minimum atomic E-state index is -0.350. The van der Waals surface area contributed by atoms with Gasteiger partial charge in [-0.3, -0.25) is 4.57 Å². The molecule has 24 heavy (non-hydrogen) atoms. The van der Waals surface area contributed by atoms with E-state index in [4.69, 9.17) is 4.74 Å². The zero-order valence-electron chi connectivity index (χ0n) is 15.2. The SMILES string of the molecule is CC(C)(C)Cc1cccc2c1Nc1nc(=O)n(C(C)(C)C)cc1O2. The van der Waals surface area contributed by atoms with Crippen molar-refractivity contribution >= 4 is 11.5 Å². The summed E-state index contributed by atoms with van der Waals surface area (Å²) in [7, 11) is 0. The summed E-state index contributed by atoms with van der Waals surface area (Å²) >= 11 is 0. The topological polar surface area (TPSA) is 56.2 Å². The molecule has 2 heterocycles. The Bertz CT molecular complexity index is 839. The maximum Gasteiger partial charge on any atom is 0.350 e. The molecule has 0 saturated heterocycles. The summed E-state index contributed by atoms with van der Waals surface area (Å²) in [6.07, 6.45) is 2.64. The van der Waals surface area contributed by atoms with Crippen molar-refractivity contribution < 1.29 is 4.74 Å². The number of benzene rings is 1. The molecule has 1 N–H and O–H groups in total. The van der Waals surface area contributed by atoms with Crippen molar-refractivity contribution in [2.45, 2.75) is 53.5 Å². The van der Waals surface area contributed by atoms with E-state index in [1.807, 2.05) is 32.9 Å². The minimum Gasteiger partial charge on any atom is -0.450 e. The Morgan fingerprint density at radius 2 is 1.83 bits per heavy atom. The molecule has 1 aliphatic rings. The summed E-state index contributed by atoms with van der Waals surface area (Å²) in [6, 6.07) is 6.02. The average Bonchev–Trinajstić information content (AvgIpc) is 2.42. The molecule has 2 aromatic rings. The third-order valence-electron chi connectivity index (χ3n) is 3.91. The number of rotatable bonds is 1. The van der Waals surface area contributed by atoms with Crippen molar-refractivity contribution in [2.24, 2.45) is 5.41 Å². The number of nitrogens with zero attached hydrogens (tertiary/aromatic N) is 2. The van der Waals surface area contributed by atoms with Gasteiger partial charge in [-0.05, 0) is 44.2 Å². The summed E-state index contributed by atoms with van der Waals surface area (Å²) in [6.45, 7) is 12.5. The normalized spacial score (nSPS) is 13.6. The van der Waals surface area contributed by atoms with Crippen LogP contribution in [0, 0.1) is 5.41 Å². The number of fused-ring (bicyclic) bond motifs is 2. The molecule has 5 heteroatoms. The number of hydrogen-bond acceptors (Lipinski definition) is 4. The highest BCUT2D eigenvalue weighted by Crippen LogP contribution is 2.43. The van der Waals surface area contributed by atoms with E-state index in [1.165, 1.54) is 0 Å². The van der Waals surface area contributed by atoms with Crippen LogP contribution in [0.15, 0.2) is 29.2 Å². The molecule has 0 bridgehead atoms. The first-order chi connectivity index (χ1) is 11.0. The molecule has 0 fully saturated rings. The van der Waals surface area contributed by atoms with Crippen LogP contribution in [0.5, 0.6) is 11.5 Å². The summed E-state index contributed by atoms with van der Waals surface area (Å²) in [4.78, 5) is 16.5. The fraction of sp³-hybridized carbons (Fsp3) is 0.474. The molecule has 0 aliphatic carbocycles. The van der Waals surface area contributed by atoms with Gasteiger partial charge in [0.2, 0.25) is 0 Å². The standard InChI is InChI=1S/C19H25N3O2/c1-18(2,3)10-12-8-7-9-13-15(12)20-16-14(24-13)11-22(17(23)21-16)19(4,5)6/h7-9,11H,10H2,1-6H3,(H,20,21,23). The molecule has 0 unspecified atom stereocenters. The first-order valence-corrected chi connectivity index (χ1v) is 8.25. The lowest BCUT2D eigenvalue weighted by Gasteiger charge is -2.28. The molecule has 1 aliphatic heterocycles. The second kappa shape index (κ2) is 5.36. The predicted molar refractivity (Wildman–Crippen MR) is 96.5 cm³/mol. The monoisotopic (exact) mass is 327 g/mol. The fourth-order valence-electron chi connectivity index (χ4n) is 2.84. The van der Waals surface area contributed by atoms with Crippen molar-refractivity contribution in [1.29, 1.82) is 0 Å². The first-order valence-electron chi connectivity index (χ1n) is 8.25. The number of anilines is 2. The van der Waals surface area contributed by atoms with Crippen molar-refractivity contribution in [3.8, 4) is 11.5 Å². The number of hydrogen-bond donors (Lipinski definition) is 1. The number of nitrogens with one attached hydrogen (secondary N) is 1. The van der Waals surface area contributed by atoms with E-state index in [2.05, 4.69) is 37.1 Å². The van der Waals surface area contributed by atoms with E-state index in [0.717, 1.165) is 23.4 Å². The molecular weight excluding hydrogens is 302 g/mol. The molecule has 1 aromatic heterocycles. The van der Waals surface area contributed by atoms with E-state index in [-0.39, 0.29) is 16.6 Å². The third kappa shape index (κ3) is 3.16. The summed E-state index contributed by atoms with van der Waals surface area (Å²) in [5, 5.41) is 3.30. The Hall–Kier alpha value is -2.30. The van der Waals surface area contributed by atoms with E-state index < -0.39 is 0 Å². The number of para-hydroxylation sites is 1. The molecular formula is C19H25N3O2. The highest BCUT2D eigenvalue weighted by Gasteiger charge is 2.25. The molecule has 0 amide bonds. The van der Waals surface area contributed by atoms with Crippen LogP contribution in [-0.4, -0.2) is 9.55 Å². The van der Waals surface area contributed by atoms with Crippen molar-refractivity contribution in [3.63, 3.8) is 0 Å². The van der Waals surface area contributed by atoms with Crippen LogP contribution in [0.1, 0.15) is 47.1 Å². The van der Waals surface area contributed by atoms with Crippen LogP contribution in [-0.2, 0) is 12.0 Å². The zero-order valence-corrected chi connectivity index (χ0v) is 15.2. The van der Waals surface area contributed by atoms with Gasteiger partial charge in [0.15, 0.2) is 17.3 Å². The maximum atomic E-state index is 12.3. The van der Waals surface area contributed by atoms with E-state index in [0.29, 0.717) is 11.6 Å². The smallest absolute Gasteiger partial charge is 0.350 e. The van der Waals surface area contributed by atoms with E-state index in [9.17, 15) is 4.79 Å². The van der Waals surface area contributed by atoms with Gasteiger partial charge in [-0.2, -0.15) is 4.98 Å². The fourth-order valence-corrected chi connectivity index (χ4v) is 2.84. The Kier molecular flexibility index (Phi) is 3.70. The second-order valence-corrected chi connectivity index (χ2v) is 8.53. The molecule has 5 nitrogen and oxygen atoms in total. The first kappa shape index (κ1) is 16.6. The van der Waals surface area contributed by atoms with E-state index in [1.54, 1.807) is 10.8 Å². The van der Waals surface area contributed by atoms with E-state index >= 15 is 0 Å². The van der Waals surface area contributed by atoms with Gasteiger partial charge in [-0.15, -0.1) is 0 Å². The van der Waals surface area contributed by atoms with Gasteiger partial charge in [0, 0.05) is 5.54 Å². The van der Waals surface area contributed by atoms with Crippen LogP contribution >= 0.6 is 0 Å².